The molecule has 0 fully saturated rings. The number of nitrogens with one attached hydrogen (secondary N) is 1. The van der Waals surface area contributed by atoms with Crippen LogP contribution in [0.3, 0.4) is 0 Å². The summed E-state index contributed by atoms with van der Waals surface area (Å²) >= 11 is 1.43. The fraction of sp³-hybridized carbons (Fsp3) is 0.211. The second kappa shape index (κ2) is 7.53. The second-order valence-electron chi connectivity index (χ2n) is 5.93. The van der Waals surface area contributed by atoms with Crippen LogP contribution < -0.4 is 10.9 Å². The number of amides is 1. The highest BCUT2D eigenvalue weighted by Crippen LogP contribution is 2.13. The average Bonchev–Trinajstić information content (AvgIpc) is 2.58. The van der Waals surface area contributed by atoms with Gasteiger partial charge in [-0.25, -0.2) is 4.98 Å². The van der Waals surface area contributed by atoms with Gasteiger partial charge in [-0.15, -0.1) is 11.8 Å². The summed E-state index contributed by atoms with van der Waals surface area (Å²) in [6, 6.07) is 12.9. The minimum absolute atomic E-state index is 0.0676. The number of pyridine rings is 1. The van der Waals surface area contributed by atoms with Crippen LogP contribution in [0.2, 0.25) is 0 Å². The van der Waals surface area contributed by atoms with Crippen LogP contribution in [0.5, 0.6) is 0 Å². The first-order valence-corrected chi connectivity index (χ1v) is 9.10. The predicted molar refractivity (Wildman–Crippen MR) is 102 cm³/mol. The van der Waals surface area contributed by atoms with Crippen molar-refractivity contribution < 1.29 is 4.79 Å². The Morgan fingerprint density at radius 1 is 1.12 bits per heavy atom. The number of hydrogen-bond acceptors (Lipinski definition) is 4. The molecule has 0 radical (unpaired) electrons. The molecular weight excluding hydrogens is 334 g/mol. The van der Waals surface area contributed by atoms with Crippen molar-refractivity contribution >= 4 is 29.0 Å². The number of aromatic nitrogens is 2. The van der Waals surface area contributed by atoms with Gasteiger partial charge in [0.1, 0.15) is 5.65 Å². The summed E-state index contributed by atoms with van der Waals surface area (Å²) in [5.74, 6) is 0.756. The molecule has 0 aliphatic rings. The summed E-state index contributed by atoms with van der Waals surface area (Å²) in [4.78, 5) is 28.6. The highest BCUT2D eigenvalue weighted by Gasteiger charge is 2.06. The number of benzene rings is 1. The molecule has 0 spiro atoms. The molecule has 3 rings (SSSR count). The monoisotopic (exact) mass is 353 g/mol. The number of rotatable bonds is 5. The zero-order valence-electron chi connectivity index (χ0n) is 14.2. The summed E-state index contributed by atoms with van der Waals surface area (Å²) in [7, 11) is 0. The van der Waals surface area contributed by atoms with E-state index in [0.717, 1.165) is 16.8 Å². The SMILES string of the molecule is Cc1ccc(NC(=O)CSCc2cc(=O)n3cc(C)ccc3n2)cc1. The molecule has 5 nitrogen and oxygen atoms in total. The summed E-state index contributed by atoms with van der Waals surface area (Å²) in [6.45, 7) is 3.93. The van der Waals surface area contributed by atoms with Gasteiger partial charge in [0, 0.05) is 23.7 Å². The van der Waals surface area contributed by atoms with Gasteiger partial charge in [0.05, 0.1) is 11.4 Å². The molecule has 0 atom stereocenters. The minimum atomic E-state index is -0.103. The van der Waals surface area contributed by atoms with E-state index < -0.39 is 0 Å². The van der Waals surface area contributed by atoms with Gasteiger partial charge >= 0.3 is 0 Å². The summed E-state index contributed by atoms with van der Waals surface area (Å²) < 4.78 is 1.54. The molecule has 0 aliphatic heterocycles. The second-order valence-corrected chi connectivity index (χ2v) is 6.91. The largest absolute Gasteiger partial charge is 0.325 e. The van der Waals surface area contributed by atoms with Gasteiger partial charge in [0.25, 0.3) is 5.56 Å². The zero-order valence-corrected chi connectivity index (χ0v) is 15.0. The van der Waals surface area contributed by atoms with E-state index in [-0.39, 0.29) is 11.5 Å². The fourth-order valence-corrected chi connectivity index (χ4v) is 3.13. The average molecular weight is 353 g/mol. The van der Waals surface area contributed by atoms with E-state index in [1.54, 1.807) is 6.20 Å². The van der Waals surface area contributed by atoms with Crippen molar-refractivity contribution in [1.29, 1.82) is 0 Å². The van der Waals surface area contributed by atoms with E-state index in [4.69, 9.17) is 0 Å². The van der Waals surface area contributed by atoms with Crippen LogP contribution in [-0.4, -0.2) is 21.0 Å². The third-order valence-corrected chi connectivity index (χ3v) is 4.65. The topological polar surface area (TPSA) is 63.5 Å². The van der Waals surface area contributed by atoms with E-state index >= 15 is 0 Å². The number of carbonyl (C=O) groups is 1. The van der Waals surface area contributed by atoms with Crippen LogP contribution in [0, 0.1) is 13.8 Å². The predicted octanol–water partition coefficient (Wildman–Crippen LogP) is 3.18. The fourth-order valence-electron chi connectivity index (χ4n) is 2.41. The highest BCUT2D eigenvalue weighted by molar-refractivity contribution is 7.99. The van der Waals surface area contributed by atoms with Crippen molar-refractivity contribution in [2.45, 2.75) is 19.6 Å². The van der Waals surface area contributed by atoms with Crippen molar-refractivity contribution in [3.8, 4) is 0 Å². The van der Waals surface area contributed by atoms with Gasteiger partial charge in [-0.05, 0) is 37.6 Å². The zero-order chi connectivity index (χ0) is 17.8. The lowest BCUT2D eigenvalue weighted by atomic mass is 10.2. The highest BCUT2D eigenvalue weighted by atomic mass is 32.2. The summed E-state index contributed by atoms with van der Waals surface area (Å²) in [5, 5.41) is 2.86. The van der Waals surface area contributed by atoms with Crippen molar-refractivity contribution in [3.63, 3.8) is 0 Å². The third kappa shape index (κ3) is 4.48. The lowest BCUT2D eigenvalue weighted by molar-refractivity contribution is -0.113. The Bertz CT molecular complexity index is 965. The first-order valence-electron chi connectivity index (χ1n) is 7.94. The number of aryl methyl sites for hydroxylation is 2. The number of thioether (sulfide) groups is 1. The van der Waals surface area contributed by atoms with E-state index in [9.17, 15) is 9.59 Å². The third-order valence-electron chi connectivity index (χ3n) is 3.68. The minimum Gasteiger partial charge on any atom is -0.325 e. The lowest BCUT2D eigenvalue weighted by Gasteiger charge is -2.06. The normalized spacial score (nSPS) is 10.8. The van der Waals surface area contributed by atoms with Gasteiger partial charge < -0.3 is 5.32 Å². The smallest absolute Gasteiger partial charge is 0.258 e. The number of fused-ring (bicyclic) bond motifs is 1. The molecule has 2 heterocycles. The Morgan fingerprint density at radius 3 is 2.60 bits per heavy atom. The number of carbonyl (C=O) groups excluding carboxylic acids is 1. The van der Waals surface area contributed by atoms with Gasteiger partial charge in [0.15, 0.2) is 0 Å². The molecule has 128 valence electrons. The maximum atomic E-state index is 12.2. The standard InChI is InChI=1S/C19H19N3O2S/c1-13-3-6-15(7-4-13)21-18(23)12-25-11-16-9-19(24)22-10-14(2)5-8-17(22)20-16/h3-10H,11-12H2,1-2H3,(H,21,23). The van der Waals surface area contributed by atoms with Gasteiger partial charge in [-0.2, -0.15) is 0 Å². The van der Waals surface area contributed by atoms with Gasteiger partial charge in [-0.1, -0.05) is 23.8 Å². The van der Waals surface area contributed by atoms with Crippen LogP contribution in [0.15, 0.2) is 53.5 Å². The molecule has 3 aromatic rings. The molecule has 25 heavy (non-hydrogen) atoms. The summed E-state index contributed by atoms with van der Waals surface area (Å²) in [6.07, 6.45) is 1.77. The summed E-state index contributed by atoms with van der Waals surface area (Å²) in [5.41, 5.74) is 4.14. The molecule has 0 aliphatic carbocycles. The molecule has 1 amide bonds. The Hall–Kier alpha value is -2.60. The van der Waals surface area contributed by atoms with E-state index in [1.165, 1.54) is 22.2 Å². The first kappa shape index (κ1) is 17.2. The Morgan fingerprint density at radius 2 is 1.84 bits per heavy atom. The first-order chi connectivity index (χ1) is 12.0. The molecule has 1 N–H and O–H groups in total. The van der Waals surface area contributed by atoms with E-state index in [2.05, 4.69) is 10.3 Å². The Labute approximate surface area is 150 Å². The molecule has 6 heteroatoms. The maximum absolute atomic E-state index is 12.2. The Balaban J connectivity index is 1.59. The van der Waals surface area contributed by atoms with Crippen LogP contribution >= 0.6 is 11.8 Å². The van der Waals surface area contributed by atoms with Crippen molar-refractivity contribution in [3.05, 3.63) is 75.8 Å². The number of hydrogen-bond donors (Lipinski definition) is 1. The lowest BCUT2D eigenvalue weighted by Crippen LogP contribution is -2.16. The molecule has 0 unspecified atom stereocenters. The van der Waals surface area contributed by atoms with E-state index in [1.807, 2.05) is 50.2 Å². The number of anilines is 1. The molecular formula is C19H19N3O2S. The Kier molecular flexibility index (Phi) is 5.19. The molecule has 1 aromatic carbocycles. The molecule has 2 aromatic heterocycles. The van der Waals surface area contributed by atoms with Crippen LogP contribution in [0.25, 0.3) is 5.65 Å². The molecule has 0 bridgehead atoms. The van der Waals surface area contributed by atoms with Crippen molar-refractivity contribution in [1.82, 2.24) is 9.38 Å². The van der Waals surface area contributed by atoms with Crippen LogP contribution in [-0.2, 0) is 10.5 Å². The number of nitrogens with zero attached hydrogens (tertiary/aromatic N) is 2. The maximum Gasteiger partial charge on any atom is 0.258 e. The van der Waals surface area contributed by atoms with Crippen LogP contribution in [0.1, 0.15) is 16.8 Å². The molecule has 0 saturated carbocycles. The van der Waals surface area contributed by atoms with Crippen LogP contribution in [0.4, 0.5) is 5.69 Å². The van der Waals surface area contributed by atoms with Crippen molar-refractivity contribution in [2.24, 2.45) is 0 Å². The quantitative estimate of drug-likeness (QED) is 0.765. The van der Waals surface area contributed by atoms with Crippen molar-refractivity contribution in [2.75, 3.05) is 11.1 Å². The van der Waals surface area contributed by atoms with E-state index in [0.29, 0.717) is 22.8 Å². The molecule has 0 saturated heterocycles. The van der Waals surface area contributed by atoms with Gasteiger partial charge in [0.2, 0.25) is 5.91 Å². The van der Waals surface area contributed by atoms with Gasteiger partial charge in [-0.3, -0.25) is 14.0 Å².